The summed E-state index contributed by atoms with van der Waals surface area (Å²) in [7, 11) is 0. The Bertz CT molecular complexity index is 1000. The van der Waals surface area contributed by atoms with Gasteiger partial charge in [0.2, 0.25) is 5.75 Å². The molecule has 0 saturated carbocycles. The molecule has 0 spiro atoms. The number of nitrogens with one attached hydrogen (secondary N) is 1. The first-order valence-electron chi connectivity index (χ1n) is 8.02. The molecular formula is C16H17N3O9. The van der Waals surface area contributed by atoms with Gasteiger partial charge < -0.3 is 35.1 Å². The highest BCUT2D eigenvalue weighted by Gasteiger charge is 2.44. The van der Waals surface area contributed by atoms with Crippen molar-refractivity contribution in [2.75, 3.05) is 6.61 Å². The normalized spacial score (nSPS) is 24.6. The number of aliphatic hydroxyl groups excluding tert-OH is 2. The van der Waals surface area contributed by atoms with E-state index in [4.69, 9.17) is 9.57 Å². The maximum Gasteiger partial charge on any atom is 0.330 e. The molecule has 12 heteroatoms. The SMILES string of the molecule is O=c1ccn([C@@H]2O[C@H](CO/N=C/c3ccc(O)c(O)c3O)[C@@H](O)[C@H]2O)c(=O)[nH]1. The molecule has 2 aromatic rings. The number of hydrogen-bond acceptors (Lipinski definition) is 10. The van der Waals surface area contributed by atoms with Crippen LogP contribution in [0.5, 0.6) is 17.2 Å². The predicted octanol–water partition coefficient (Wildman–Crippen LogP) is -1.68. The number of rotatable bonds is 5. The Labute approximate surface area is 156 Å². The first kappa shape index (κ1) is 19.4. The van der Waals surface area contributed by atoms with E-state index in [9.17, 15) is 35.1 Å². The maximum atomic E-state index is 11.8. The smallest absolute Gasteiger partial charge is 0.330 e. The number of nitrogens with zero attached hydrogens (tertiary/aromatic N) is 2. The molecule has 1 aromatic heterocycles. The summed E-state index contributed by atoms with van der Waals surface area (Å²) in [6, 6.07) is 3.49. The Morgan fingerprint density at radius 1 is 1.14 bits per heavy atom. The van der Waals surface area contributed by atoms with Crippen LogP contribution < -0.4 is 11.2 Å². The molecule has 150 valence electrons. The Balaban J connectivity index is 1.65. The quantitative estimate of drug-likeness (QED) is 0.195. The van der Waals surface area contributed by atoms with E-state index < -0.39 is 53.0 Å². The van der Waals surface area contributed by atoms with Gasteiger partial charge in [-0.1, -0.05) is 5.16 Å². The number of H-pyrrole nitrogens is 1. The highest BCUT2D eigenvalue weighted by molar-refractivity contribution is 5.85. The summed E-state index contributed by atoms with van der Waals surface area (Å²) in [6.07, 6.45) is -2.96. The van der Waals surface area contributed by atoms with Gasteiger partial charge in [0.15, 0.2) is 17.7 Å². The summed E-state index contributed by atoms with van der Waals surface area (Å²) in [4.78, 5) is 29.9. The second kappa shape index (κ2) is 7.72. The topological polar surface area (TPSA) is 187 Å². The van der Waals surface area contributed by atoms with Crippen LogP contribution in [0.1, 0.15) is 11.8 Å². The molecule has 28 heavy (non-hydrogen) atoms. The molecule has 2 heterocycles. The Kier molecular flexibility index (Phi) is 5.35. The molecule has 12 nitrogen and oxygen atoms in total. The molecule has 1 aliphatic heterocycles. The number of benzene rings is 1. The predicted molar refractivity (Wildman–Crippen MR) is 92.2 cm³/mol. The standard InChI is InChI=1S/C16H17N3O9/c20-8-2-1-7(11(22)12(8)23)5-17-27-6-9-13(24)14(25)15(28-9)19-4-3-10(21)18-16(19)26/h1-5,9,13-15,20,22-25H,6H2,(H,18,21,26)/b17-5+/t9-,13-,14-,15-/m1/s1. The van der Waals surface area contributed by atoms with Crippen molar-refractivity contribution < 1.29 is 35.1 Å². The number of phenols is 3. The minimum atomic E-state index is -1.46. The molecule has 0 amide bonds. The molecule has 1 aromatic carbocycles. The third kappa shape index (κ3) is 3.69. The van der Waals surface area contributed by atoms with Crippen LogP contribution in [0.15, 0.2) is 39.1 Å². The number of hydrogen-bond donors (Lipinski definition) is 6. The van der Waals surface area contributed by atoms with Gasteiger partial charge in [0.25, 0.3) is 5.56 Å². The van der Waals surface area contributed by atoms with Crippen molar-refractivity contribution in [2.45, 2.75) is 24.5 Å². The van der Waals surface area contributed by atoms with Crippen LogP contribution in [-0.2, 0) is 9.57 Å². The number of ether oxygens (including phenoxy) is 1. The first-order chi connectivity index (χ1) is 13.3. The lowest BCUT2D eigenvalue weighted by Crippen LogP contribution is -2.37. The second-order valence-corrected chi connectivity index (χ2v) is 5.97. The minimum absolute atomic E-state index is 0.0564. The lowest BCUT2D eigenvalue weighted by atomic mass is 10.1. The van der Waals surface area contributed by atoms with Gasteiger partial charge in [0, 0.05) is 17.8 Å². The lowest BCUT2D eigenvalue weighted by molar-refractivity contribution is -0.0677. The molecule has 0 unspecified atom stereocenters. The summed E-state index contributed by atoms with van der Waals surface area (Å²) >= 11 is 0. The van der Waals surface area contributed by atoms with E-state index in [1.54, 1.807) is 0 Å². The molecule has 6 N–H and O–H groups in total. The zero-order valence-electron chi connectivity index (χ0n) is 14.2. The van der Waals surface area contributed by atoms with E-state index in [1.165, 1.54) is 6.07 Å². The summed E-state index contributed by atoms with van der Waals surface area (Å²) in [5.41, 5.74) is -1.38. The summed E-state index contributed by atoms with van der Waals surface area (Å²) in [5.74, 6) is -1.82. The maximum absolute atomic E-state index is 11.8. The van der Waals surface area contributed by atoms with E-state index >= 15 is 0 Å². The van der Waals surface area contributed by atoms with Gasteiger partial charge >= 0.3 is 5.69 Å². The van der Waals surface area contributed by atoms with Crippen molar-refractivity contribution in [3.05, 3.63) is 50.8 Å². The molecule has 1 saturated heterocycles. The van der Waals surface area contributed by atoms with Gasteiger partial charge in [-0.2, -0.15) is 0 Å². The molecule has 0 aliphatic carbocycles. The zero-order chi connectivity index (χ0) is 20.4. The van der Waals surface area contributed by atoms with Crippen molar-refractivity contribution in [2.24, 2.45) is 5.16 Å². The molecular weight excluding hydrogens is 378 g/mol. The fraction of sp³-hybridized carbons (Fsp3) is 0.312. The van der Waals surface area contributed by atoms with Crippen LogP contribution in [0.4, 0.5) is 0 Å². The second-order valence-electron chi connectivity index (χ2n) is 5.97. The Morgan fingerprint density at radius 2 is 1.89 bits per heavy atom. The van der Waals surface area contributed by atoms with Gasteiger partial charge in [-0.3, -0.25) is 14.3 Å². The zero-order valence-corrected chi connectivity index (χ0v) is 14.2. The third-order valence-electron chi connectivity index (χ3n) is 4.13. The monoisotopic (exact) mass is 395 g/mol. The van der Waals surface area contributed by atoms with Gasteiger partial charge in [-0.15, -0.1) is 0 Å². The number of aromatic amines is 1. The van der Waals surface area contributed by atoms with E-state index in [1.807, 2.05) is 4.98 Å². The van der Waals surface area contributed by atoms with Crippen LogP contribution in [-0.4, -0.2) is 66.2 Å². The van der Waals surface area contributed by atoms with Crippen LogP contribution in [0.2, 0.25) is 0 Å². The van der Waals surface area contributed by atoms with E-state index in [0.29, 0.717) is 0 Å². The Hall–Kier alpha value is -3.35. The molecule has 3 rings (SSSR count). The van der Waals surface area contributed by atoms with Crippen LogP contribution in [0, 0.1) is 0 Å². The largest absolute Gasteiger partial charge is 0.504 e. The number of aliphatic hydroxyl groups is 2. The van der Waals surface area contributed by atoms with Crippen LogP contribution in [0.25, 0.3) is 0 Å². The molecule has 4 atom stereocenters. The molecule has 1 aliphatic rings. The number of phenolic OH excluding ortho intramolecular Hbond substituents is 3. The first-order valence-corrected chi connectivity index (χ1v) is 8.02. The average Bonchev–Trinajstić information content (AvgIpc) is 2.93. The average molecular weight is 395 g/mol. The van der Waals surface area contributed by atoms with Crippen molar-refractivity contribution in [1.82, 2.24) is 9.55 Å². The fourth-order valence-electron chi connectivity index (χ4n) is 2.62. The van der Waals surface area contributed by atoms with Crippen LogP contribution in [0.3, 0.4) is 0 Å². The van der Waals surface area contributed by atoms with E-state index in [0.717, 1.165) is 29.1 Å². The number of oxime groups is 1. The summed E-state index contributed by atoms with van der Waals surface area (Å²) in [6.45, 7) is -0.311. The lowest BCUT2D eigenvalue weighted by Gasteiger charge is -2.16. The minimum Gasteiger partial charge on any atom is -0.504 e. The number of aromatic hydroxyl groups is 3. The third-order valence-corrected chi connectivity index (χ3v) is 4.13. The van der Waals surface area contributed by atoms with Crippen molar-refractivity contribution in [3.8, 4) is 17.2 Å². The van der Waals surface area contributed by atoms with Crippen molar-refractivity contribution in [3.63, 3.8) is 0 Å². The van der Waals surface area contributed by atoms with Gasteiger partial charge in [0.1, 0.15) is 24.9 Å². The van der Waals surface area contributed by atoms with Gasteiger partial charge in [0.05, 0.1) is 6.21 Å². The van der Waals surface area contributed by atoms with Gasteiger partial charge in [-0.05, 0) is 12.1 Å². The van der Waals surface area contributed by atoms with Gasteiger partial charge in [-0.25, -0.2) is 4.79 Å². The highest BCUT2D eigenvalue weighted by atomic mass is 16.6. The van der Waals surface area contributed by atoms with Crippen molar-refractivity contribution in [1.29, 1.82) is 0 Å². The summed E-state index contributed by atoms with van der Waals surface area (Å²) in [5, 5.41) is 52.1. The molecule has 0 radical (unpaired) electrons. The van der Waals surface area contributed by atoms with E-state index in [2.05, 4.69) is 5.16 Å². The molecule has 0 bridgehead atoms. The summed E-state index contributed by atoms with van der Waals surface area (Å²) < 4.78 is 6.35. The van der Waals surface area contributed by atoms with Crippen molar-refractivity contribution >= 4 is 6.21 Å². The molecule has 1 fully saturated rings. The van der Waals surface area contributed by atoms with E-state index in [-0.39, 0.29) is 12.2 Å². The van der Waals surface area contributed by atoms with Crippen LogP contribution >= 0.6 is 0 Å². The highest BCUT2D eigenvalue weighted by Crippen LogP contribution is 2.36. The fourth-order valence-corrected chi connectivity index (χ4v) is 2.62. The Morgan fingerprint density at radius 3 is 2.61 bits per heavy atom. The number of aromatic nitrogens is 2.